The van der Waals surface area contributed by atoms with E-state index in [1.807, 2.05) is 18.5 Å². The first-order valence-corrected chi connectivity index (χ1v) is 17.0. The van der Waals surface area contributed by atoms with Crippen LogP contribution in [-0.2, 0) is 22.7 Å². The summed E-state index contributed by atoms with van der Waals surface area (Å²) >= 11 is 0. The number of nitrogens with one attached hydrogen (secondary N) is 1. The molecular formula is C37H44N6O3. The van der Waals surface area contributed by atoms with Gasteiger partial charge in [-0.1, -0.05) is 38.1 Å². The summed E-state index contributed by atoms with van der Waals surface area (Å²) in [6.07, 6.45) is 9.15. The first-order chi connectivity index (χ1) is 22.3. The molecule has 5 heterocycles. The summed E-state index contributed by atoms with van der Waals surface area (Å²) in [6.45, 7) is 9.84. The zero-order valence-corrected chi connectivity index (χ0v) is 27.0. The van der Waals surface area contributed by atoms with Gasteiger partial charge in [0.15, 0.2) is 0 Å². The van der Waals surface area contributed by atoms with Crippen molar-refractivity contribution in [2.75, 3.05) is 31.1 Å². The molecule has 0 saturated carbocycles. The quantitative estimate of drug-likeness (QED) is 0.366. The summed E-state index contributed by atoms with van der Waals surface area (Å²) in [5, 5.41) is 2.38. The van der Waals surface area contributed by atoms with Gasteiger partial charge < -0.3 is 9.80 Å². The Bertz CT molecular complexity index is 1590. The molecule has 0 radical (unpaired) electrons. The molecule has 0 bridgehead atoms. The molecule has 9 nitrogen and oxygen atoms in total. The van der Waals surface area contributed by atoms with E-state index >= 15 is 0 Å². The van der Waals surface area contributed by atoms with Crippen LogP contribution in [0.4, 0.5) is 5.69 Å². The van der Waals surface area contributed by atoms with Gasteiger partial charge in [-0.05, 0) is 97.5 Å². The van der Waals surface area contributed by atoms with Gasteiger partial charge in [-0.2, -0.15) is 0 Å². The molecule has 240 valence electrons. The number of hydrogen-bond acceptors (Lipinski definition) is 7. The number of piperidine rings is 3. The molecule has 4 aliphatic rings. The molecule has 3 aromatic rings. The van der Waals surface area contributed by atoms with Gasteiger partial charge in [-0.25, -0.2) is 9.97 Å². The minimum atomic E-state index is -0.570. The number of carbonyl (C=O) groups is 3. The highest BCUT2D eigenvalue weighted by Crippen LogP contribution is 2.35. The molecule has 9 heteroatoms. The Morgan fingerprint density at radius 2 is 1.50 bits per heavy atom. The van der Waals surface area contributed by atoms with Crippen LogP contribution < -0.4 is 10.2 Å². The minimum Gasteiger partial charge on any atom is -0.371 e. The van der Waals surface area contributed by atoms with Crippen molar-refractivity contribution in [2.45, 2.75) is 89.3 Å². The normalized spacial score (nSPS) is 21.6. The summed E-state index contributed by atoms with van der Waals surface area (Å²) in [7, 11) is 0. The third-order valence-corrected chi connectivity index (χ3v) is 10.5. The number of rotatable bonds is 7. The molecule has 7 rings (SSSR count). The lowest BCUT2D eigenvalue weighted by Crippen LogP contribution is -2.52. The average molecular weight is 621 g/mol. The maximum atomic E-state index is 13.1. The Labute approximate surface area is 271 Å². The van der Waals surface area contributed by atoms with Gasteiger partial charge in [0.1, 0.15) is 11.9 Å². The highest BCUT2D eigenvalue weighted by atomic mass is 16.2. The van der Waals surface area contributed by atoms with E-state index in [1.54, 1.807) is 4.90 Å². The van der Waals surface area contributed by atoms with Crippen molar-refractivity contribution in [2.24, 2.45) is 0 Å². The average Bonchev–Trinajstić information content (AvgIpc) is 3.40. The monoisotopic (exact) mass is 620 g/mol. The van der Waals surface area contributed by atoms with Crippen molar-refractivity contribution in [3.63, 3.8) is 0 Å². The lowest BCUT2D eigenvalue weighted by molar-refractivity contribution is -0.136. The van der Waals surface area contributed by atoms with Crippen LogP contribution in [0.25, 0.3) is 0 Å². The molecule has 1 atom stereocenters. The molecule has 3 amide bonds. The lowest BCUT2D eigenvalue weighted by atomic mass is 9.87. The van der Waals surface area contributed by atoms with Crippen LogP contribution >= 0.6 is 0 Å². The molecule has 3 fully saturated rings. The second kappa shape index (κ2) is 12.9. The van der Waals surface area contributed by atoms with E-state index in [0.717, 1.165) is 69.8 Å². The maximum Gasteiger partial charge on any atom is 0.255 e. The first kappa shape index (κ1) is 30.5. The number of hydrogen-bond donors (Lipinski definition) is 1. The molecule has 1 unspecified atom stereocenters. The number of benzene rings is 2. The van der Waals surface area contributed by atoms with Crippen LogP contribution in [0.5, 0.6) is 0 Å². The van der Waals surface area contributed by atoms with Crippen LogP contribution in [0.3, 0.4) is 0 Å². The molecular weight excluding hydrogens is 576 g/mol. The van der Waals surface area contributed by atoms with E-state index in [-0.39, 0.29) is 24.1 Å². The number of carbonyl (C=O) groups excluding carboxylic acids is 3. The van der Waals surface area contributed by atoms with Gasteiger partial charge in [-0.3, -0.25) is 24.6 Å². The standard InChI is InChI=1S/C37H44N6O3/c1-24(2)35-38-20-30(21-39-35)27-13-17-42(18-14-27)31-6-3-25(4-7-31)22-41-15-11-26(12-16-41)28-5-8-32-29(19-28)23-43(37(32)46)33-9-10-34(44)40-36(33)45/h3-8,19-21,24,26-27,33H,9-18,22-23H2,1-2H3,(H,40,44,45). The van der Waals surface area contributed by atoms with Crippen LogP contribution in [0, 0.1) is 0 Å². The van der Waals surface area contributed by atoms with Gasteiger partial charge >= 0.3 is 0 Å². The van der Waals surface area contributed by atoms with Crippen molar-refractivity contribution in [3.05, 3.63) is 88.5 Å². The van der Waals surface area contributed by atoms with Crippen LogP contribution in [-0.4, -0.2) is 69.7 Å². The molecule has 46 heavy (non-hydrogen) atoms. The molecule has 0 aliphatic carbocycles. The third kappa shape index (κ3) is 6.30. The van der Waals surface area contributed by atoms with Gasteiger partial charge in [0.25, 0.3) is 5.91 Å². The van der Waals surface area contributed by atoms with Gasteiger partial charge in [0.2, 0.25) is 11.8 Å². The van der Waals surface area contributed by atoms with E-state index < -0.39 is 6.04 Å². The summed E-state index contributed by atoms with van der Waals surface area (Å²) < 4.78 is 0. The number of anilines is 1. The minimum absolute atomic E-state index is 0.108. The van der Waals surface area contributed by atoms with E-state index in [9.17, 15) is 14.4 Å². The van der Waals surface area contributed by atoms with Crippen molar-refractivity contribution in [3.8, 4) is 0 Å². The van der Waals surface area contributed by atoms with Crippen molar-refractivity contribution < 1.29 is 14.4 Å². The SMILES string of the molecule is CC(C)c1ncc(C2CCN(c3ccc(CN4CCC(c5ccc6c(c5)CN(C5CCC(=O)NC5=O)C6=O)CC4)cc3)CC2)cn1. The first-order valence-electron chi connectivity index (χ1n) is 17.0. The molecule has 3 saturated heterocycles. The van der Waals surface area contributed by atoms with E-state index in [0.29, 0.717) is 36.3 Å². The number of imide groups is 1. The smallest absolute Gasteiger partial charge is 0.255 e. The van der Waals surface area contributed by atoms with Crippen LogP contribution in [0.2, 0.25) is 0 Å². The number of aromatic nitrogens is 2. The zero-order chi connectivity index (χ0) is 31.8. The molecule has 1 aromatic heterocycles. The zero-order valence-electron chi connectivity index (χ0n) is 27.0. The van der Waals surface area contributed by atoms with Crippen LogP contribution in [0.1, 0.15) is 109 Å². The van der Waals surface area contributed by atoms with Gasteiger partial charge in [-0.15, -0.1) is 0 Å². The second-order valence-electron chi connectivity index (χ2n) is 13.8. The predicted molar refractivity (Wildman–Crippen MR) is 176 cm³/mol. The van der Waals surface area contributed by atoms with Gasteiger partial charge in [0.05, 0.1) is 0 Å². The molecule has 1 N–H and O–H groups in total. The molecule has 0 spiro atoms. The van der Waals surface area contributed by atoms with E-state index in [1.165, 1.54) is 22.4 Å². The molecule has 2 aromatic carbocycles. The fraction of sp³-hybridized carbons (Fsp3) is 0.486. The van der Waals surface area contributed by atoms with Crippen molar-refractivity contribution >= 4 is 23.4 Å². The Morgan fingerprint density at radius 3 is 2.17 bits per heavy atom. The highest BCUT2D eigenvalue weighted by Gasteiger charge is 2.39. The largest absolute Gasteiger partial charge is 0.371 e. The summed E-state index contributed by atoms with van der Waals surface area (Å²) in [5.41, 5.74) is 6.89. The highest BCUT2D eigenvalue weighted by molar-refractivity contribution is 6.05. The summed E-state index contributed by atoms with van der Waals surface area (Å²) in [5.74, 6) is 1.55. The Balaban J connectivity index is 0.887. The van der Waals surface area contributed by atoms with Gasteiger partial charge in [0, 0.05) is 62.2 Å². The number of fused-ring (bicyclic) bond motifs is 1. The van der Waals surface area contributed by atoms with Crippen molar-refractivity contribution in [1.82, 2.24) is 25.1 Å². The fourth-order valence-electron chi connectivity index (χ4n) is 7.67. The Hall–Kier alpha value is -4.11. The number of nitrogens with zero attached hydrogens (tertiary/aromatic N) is 5. The number of likely N-dealkylation sites (tertiary alicyclic amines) is 1. The van der Waals surface area contributed by atoms with Crippen LogP contribution in [0.15, 0.2) is 54.9 Å². The fourth-order valence-corrected chi connectivity index (χ4v) is 7.67. The Kier molecular flexibility index (Phi) is 8.60. The molecule has 4 aliphatic heterocycles. The van der Waals surface area contributed by atoms with E-state index in [4.69, 9.17) is 0 Å². The number of amides is 3. The summed E-state index contributed by atoms with van der Waals surface area (Å²) in [4.78, 5) is 52.9. The Morgan fingerprint density at radius 1 is 0.826 bits per heavy atom. The van der Waals surface area contributed by atoms with E-state index in [2.05, 4.69) is 75.3 Å². The maximum absolute atomic E-state index is 13.1. The third-order valence-electron chi connectivity index (χ3n) is 10.5. The predicted octanol–water partition coefficient (Wildman–Crippen LogP) is 5.12. The second-order valence-corrected chi connectivity index (χ2v) is 13.8. The summed E-state index contributed by atoms with van der Waals surface area (Å²) in [6, 6.07) is 14.8. The van der Waals surface area contributed by atoms with Crippen molar-refractivity contribution in [1.29, 1.82) is 0 Å². The lowest BCUT2D eigenvalue weighted by Gasteiger charge is -2.34. The topological polar surface area (TPSA) is 98.7 Å².